The molecular formula is C20H30N2O2S. The molecule has 25 heavy (non-hydrogen) atoms. The Bertz CT molecular complexity index is 539. The SMILES string of the molecule is CCCCCCCOc1ccc(C(=O)NC(=S)N2CCCCC2)cc1. The van der Waals surface area contributed by atoms with Crippen LogP contribution in [-0.2, 0) is 0 Å². The van der Waals surface area contributed by atoms with E-state index in [1.54, 1.807) is 12.1 Å². The second kappa shape index (κ2) is 11.1. The third-order valence-corrected chi connectivity index (χ3v) is 4.86. The lowest BCUT2D eigenvalue weighted by atomic mass is 10.1. The first-order valence-electron chi connectivity index (χ1n) is 9.54. The van der Waals surface area contributed by atoms with Crippen molar-refractivity contribution in [2.24, 2.45) is 0 Å². The highest BCUT2D eigenvalue weighted by atomic mass is 32.1. The summed E-state index contributed by atoms with van der Waals surface area (Å²) in [7, 11) is 0. The average Bonchev–Trinajstić information content (AvgIpc) is 2.65. The smallest absolute Gasteiger partial charge is 0.257 e. The van der Waals surface area contributed by atoms with Gasteiger partial charge in [0.15, 0.2) is 5.11 Å². The number of hydrogen-bond donors (Lipinski definition) is 1. The van der Waals surface area contributed by atoms with Gasteiger partial charge in [-0.3, -0.25) is 10.1 Å². The summed E-state index contributed by atoms with van der Waals surface area (Å²) in [5.41, 5.74) is 0.606. The van der Waals surface area contributed by atoms with E-state index in [1.165, 1.54) is 32.1 Å². The van der Waals surface area contributed by atoms with Gasteiger partial charge < -0.3 is 9.64 Å². The number of piperidine rings is 1. The van der Waals surface area contributed by atoms with Gasteiger partial charge >= 0.3 is 0 Å². The standard InChI is InChI=1S/C20H30N2O2S/c1-2-3-4-5-9-16-24-18-12-10-17(11-13-18)19(23)21-20(25)22-14-7-6-8-15-22/h10-13H,2-9,14-16H2,1H3,(H,21,23,25). The largest absolute Gasteiger partial charge is 0.494 e. The predicted molar refractivity (Wildman–Crippen MR) is 106 cm³/mol. The fourth-order valence-electron chi connectivity index (χ4n) is 2.94. The van der Waals surface area contributed by atoms with Gasteiger partial charge in [-0.05, 0) is 62.2 Å². The van der Waals surface area contributed by atoms with Crippen LogP contribution >= 0.6 is 12.2 Å². The number of carbonyl (C=O) groups excluding carboxylic acids is 1. The average molecular weight is 363 g/mol. The zero-order valence-electron chi connectivity index (χ0n) is 15.3. The summed E-state index contributed by atoms with van der Waals surface area (Å²) in [5.74, 6) is 0.660. The van der Waals surface area contributed by atoms with E-state index >= 15 is 0 Å². The van der Waals surface area contributed by atoms with E-state index in [1.807, 2.05) is 12.1 Å². The van der Waals surface area contributed by atoms with Crippen molar-refractivity contribution in [1.29, 1.82) is 0 Å². The molecule has 1 aliphatic rings. The molecule has 1 saturated heterocycles. The molecule has 0 radical (unpaired) electrons. The third kappa shape index (κ3) is 7.02. The molecule has 4 nitrogen and oxygen atoms in total. The monoisotopic (exact) mass is 362 g/mol. The van der Waals surface area contributed by atoms with Crippen LogP contribution in [0.25, 0.3) is 0 Å². The summed E-state index contributed by atoms with van der Waals surface area (Å²) in [6.45, 7) is 4.82. The van der Waals surface area contributed by atoms with Crippen molar-refractivity contribution < 1.29 is 9.53 Å². The van der Waals surface area contributed by atoms with Crippen LogP contribution < -0.4 is 10.1 Å². The van der Waals surface area contributed by atoms with E-state index in [9.17, 15) is 4.79 Å². The number of nitrogens with one attached hydrogen (secondary N) is 1. The van der Waals surface area contributed by atoms with E-state index in [-0.39, 0.29) is 5.91 Å². The summed E-state index contributed by atoms with van der Waals surface area (Å²) in [6.07, 6.45) is 9.63. The second-order valence-electron chi connectivity index (χ2n) is 6.59. The summed E-state index contributed by atoms with van der Waals surface area (Å²) in [4.78, 5) is 14.4. The zero-order chi connectivity index (χ0) is 17.9. The summed E-state index contributed by atoms with van der Waals surface area (Å²) in [6, 6.07) is 7.29. The highest BCUT2D eigenvalue weighted by Gasteiger charge is 2.16. The van der Waals surface area contributed by atoms with Gasteiger partial charge in [-0.15, -0.1) is 0 Å². The molecule has 0 aromatic heterocycles. The van der Waals surface area contributed by atoms with Crippen molar-refractivity contribution in [2.75, 3.05) is 19.7 Å². The minimum atomic E-state index is -0.151. The Kier molecular flexibility index (Phi) is 8.73. The second-order valence-corrected chi connectivity index (χ2v) is 6.98. The molecule has 0 aliphatic carbocycles. The van der Waals surface area contributed by atoms with E-state index in [4.69, 9.17) is 17.0 Å². The number of rotatable bonds is 8. The van der Waals surface area contributed by atoms with Crippen molar-refractivity contribution in [3.05, 3.63) is 29.8 Å². The van der Waals surface area contributed by atoms with Crippen LogP contribution in [0.5, 0.6) is 5.75 Å². The summed E-state index contributed by atoms with van der Waals surface area (Å²) < 4.78 is 5.73. The van der Waals surface area contributed by atoms with Crippen LogP contribution in [0.2, 0.25) is 0 Å². The third-order valence-electron chi connectivity index (χ3n) is 4.50. The normalized spacial score (nSPS) is 14.2. The molecule has 1 aliphatic heterocycles. The van der Waals surface area contributed by atoms with Crippen molar-refractivity contribution in [1.82, 2.24) is 10.2 Å². The number of ether oxygens (including phenoxy) is 1. The quantitative estimate of drug-likeness (QED) is 0.545. The first kappa shape index (κ1) is 19.7. The van der Waals surface area contributed by atoms with E-state index in [0.717, 1.165) is 44.7 Å². The molecule has 0 spiro atoms. The van der Waals surface area contributed by atoms with Gasteiger partial charge in [0.1, 0.15) is 5.75 Å². The lowest BCUT2D eigenvalue weighted by Crippen LogP contribution is -2.44. The number of nitrogens with zero attached hydrogens (tertiary/aromatic N) is 1. The lowest BCUT2D eigenvalue weighted by Gasteiger charge is -2.28. The van der Waals surface area contributed by atoms with Gasteiger partial charge in [0.25, 0.3) is 5.91 Å². The van der Waals surface area contributed by atoms with Crippen LogP contribution in [0.15, 0.2) is 24.3 Å². The number of unbranched alkanes of at least 4 members (excludes halogenated alkanes) is 4. The van der Waals surface area contributed by atoms with E-state index in [0.29, 0.717) is 10.7 Å². The number of thiocarbonyl (C=S) groups is 1. The summed E-state index contributed by atoms with van der Waals surface area (Å²) in [5, 5.41) is 3.37. The fourth-order valence-corrected chi connectivity index (χ4v) is 3.22. The molecular weight excluding hydrogens is 332 g/mol. The highest BCUT2D eigenvalue weighted by molar-refractivity contribution is 7.80. The van der Waals surface area contributed by atoms with E-state index in [2.05, 4.69) is 17.1 Å². The van der Waals surface area contributed by atoms with Gasteiger partial charge in [-0.2, -0.15) is 0 Å². The number of hydrogen-bond acceptors (Lipinski definition) is 3. The molecule has 5 heteroatoms. The van der Waals surface area contributed by atoms with Crippen molar-refractivity contribution >= 4 is 23.2 Å². The zero-order valence-corrected chi connectivity index (χ0v) is 16.1. The maximum absolute atomic E-state index is 12.3. The topological polar surface area (TPSA) is 41.6 Å². The Labute approximate surface area is 156 Å². The molecule has 2 rings (SSSR count). The highest BCUT2D eigenvalue weighted by Crippen LogP contribution is 2.14. The summed E-state index contributed by atoms with van der Waals surface area (Å²) >= 11 is 5.35. The maximum atomic E-state index is 12.3. The number of carbonyl (C=O) groups is 1. The molecule has 0 bridgehead atoms. The van der Waals surface area contributed by atoms with Crippen molar-refractivity contribution in [3.8, 4) is 5.75 Å². The molecule has 0 saturated carbocycles. The minimum absolute atomic E-state index is 0.151. The minimum Gasteiger partial charge on any atom is -0.494 e. The molecule has 1 N–H and O–H groups in total. The molecule has 1 heterocycles. The van der Waals surface area contributed by atoms with Crippen LogP contribution in [-0.4, -0.2) is 35.6 Å². The number of amides is 1. The van der Waals surface area contributed by atoms with Gasteiger partial charge in [0.2, 0.25) is 0 Å². The molecule has 1 aromatic rings. The van der Waals surface area contributed by atoms with Gasteiger partial charge in [-0.25, -0.2) is 0 Å². The molecule has 138 valence electrons. The first-order valence-corrected chi connectivity index (χ1v) is 9.94. The van der Waals surface area contributed by atoms with Gasteiger partial charge in [0.05, 0.1) is 6.61 Å². The molecule has 1 fully saturated rings. The van der Waals surface area contributed by atoms with Crippen LogP contribution in [0.4, 0.5) is 0 Å². The van der Waals surface area contributed by atoms with Gasteiger partial charge in [-0.1, -0.05) is 32.6 Å². The Hall–Kier alpha value is -1.62. The van der Waals surface area contributed by atoms with Crippen molar-refractivity contribution in [2.45, 2.75) is 58.3 Å². The van der Waals surface area contributed by atoms with Crippen LogP contribution in [0.1, 0.15) is 68.6 Å². The Balaban J connectivity index is 1.72. The van der Waals surface area contributed by atoms with E-state index < -0.39 is 0 Å². The Morgan fingerprint density at radius 1 is 1.08 bits per heavy atom. The maximum Gasteiger partial charge on any atom is 0.257 e. The molecule has 1 aromatic carbocycles. The molecule has 1 amide bonds. The van der Waals surface area contributed by atoms with Crippen LogP contribution in [0.3, 0.4) is 0 Å². The molecule has 0 unspecified atom stereocenters. The Morgan fingerprint density at radius 2 is 1.76 bits per heavy atom. The fraction of sp³-hybridized carbons (Fsp3) is 0.600. The molecule has 0 atom stereocenters. The first-order chi connectivity index (χ1) is 12.2. The van der Waals surface area contributed by atoms with Crippen molar-refractivity contribution in [3.63, 3.8) is 0 Å². The Morgan fingerprint density at radius 3 is 2.44 bits per heavy atom. The lowest BCUT2D eigenvalue weighted by molar-refractivity contribution is 0.0972. The van der Waals surface area contributed by atoms with Crippen LogP contribution in [0, 0.1) is 0 Å². The van der Waals surface area contributed by atoms with Gasteiger partial charge in [0, 0.05) is 18.7 Å². The number of benzene rings is 1. The number of likely N-dealkylation sites (tertiary alicyclic amines) is 1. The predicted octanol–water partition coefficient (Wildman–Crippen LogP) is 4.54.